The highest BCUT2D eigenvalue weighted by molar-refractivity contribution is 7.80. The fourth-order valence-corrected chi connectivity index (χ4v) is 6.39. The van der Waals surface area contributed by atoms with Gasteiger partial charge in [-0.3, -0.25) is 9.78 Å². The third-order valence-corrected chi connectivity index (χ3v) is 8.40. The standard InChI is InChI=1S/C33H30ClN5O2S/c1-20-18-25(21(2)39(20)28-19-23(34)13-14-29(28)40)32-31(27-11-5-6-16-35-27)37-33(42)38(32)17-15-30(41)36-26-12-7-9-22-8-3-4-10-24(22)26/h3-14,16,18-19,31-32,40H,15,17H2,1-2H3,(H,36,41)(H,37,42)/t31-,32-/m0/s1. The van der Waals surface area contributed by atoms with Gasteiger partial charge in [0.2, 0.25) is 5.91 Å². The summed E-state index contributed by atoms with van der Waals surface area (Å²) in [5.41, 5.74) is 5.13. The number of rotatable bonds is 7. The zero-order valence-electron chi connectivity index (χ0n) is 23.2. The second-order valence-corrected chi connectivity index (χ2v) is 11.3. The van der Waals surface area contributed by atoms with Crippen molar-refractivity contribution in [1.82, 2.24) is 19.8 Å². The van der Waals surface area contributed by atoms with Gasteiger partial charge in [-0.1, -0.05) is 54.1 Å². The minimum Gasteiger partial charge on any atom is -0.506 e. The molecule has 1 saturated heterocycles. The molecule has 1 aliphatic rings. The predicted molar refractivity (Wildman–Crippen MR) is 171 cm³/mol. The van der Waals surface area contributed by atoms with Crippen LogP contribution >= 0.6 is 23.8 Å². The van der Waals surface area contributed by atoms with Crippen molar-refractivity contribution >= 4 is 51.3 Å². The maximum atomic E-state index is 13.2. The Morgan fingerprint density at radius 2 is 1.83 bits per heavy atom. The van der Waals surface area contributed by atoms with Gasteiger partial charge in [-0.15, -0.1) is 0 Å². The summed E-state index contributed by atoms with van der Waals surface area (Å²) in [6.45, 7) is 4.42. The number of hydrogen-bond acceptors (Lipinski definition) is 4. The molecule has 212 valence electrons. The van der Waals surface area contributed by atoms with Crippen LogP contribution in [0.25, 0.3) is 16.5 Å². The zero-order chi connectivity index (χ0) is 29.4. The maximum absolute atomic E-state index is 13.2. The van der Waals surface area contributed by atoms with E-state index in [2.05, 4.69) is 26.6 Å². The summed E-state index contributed by atoms with van der Waals surface area (Å²) >= 11 is 12.2. The van der Waals surface area contributed by atoms with Crippen molar-refractivity contribution in [3.05, 3.63) is 119 Å². The van der Waals surface area contributed by atoms with E-state index in [0.717, 1.165) is 39.1 Å². The van der Waals surface area contributed by atoms with Crippen LogP contribution in [-0.2, 0) is 4.79 Å². The van der Waals surface area contributed by atoms with Crippen molar-refractivity contribution in [2.45, 2.75) is 32.4 Å². The molecule has 0 saturated carbocycles. The van der Waals surface area contributed by atoms with E-state index in [1.807, 2.05) is 79.1 Å². The summed E-state index contributed by atoms with van der Waals surface area (Å²) in [6, 6.07) is 26.3. The minimum atomic E-state index is -0.237. The van der Waals surface area contributed by atoms with Crippen LogP contribution in [0, 0.1) is 13.8 Å². The third kappa shape index (κ3) is 5.19. The van der Waals surface area contributed by atoms with Crippen molar-refractivity contribution in [2.24, 2.45) is 0 Å². The molecular weight excluding hydrogens is 566 g/mol. The second kappa shape index (κ2) is 11.5. The van der Waals surface area contributed by atoms with E-state index in [4.69, 9.17) is 23.8 Å². The number of aromatic hydroxyl groups is 1. The summed E-state index contributed by atoms with van der Waals surface area (Å²) in [7, 11) is 0. The van der Waals surface area contributed by atoms with E-state index in [0.29, 0.717) is 22.4 Å². The van der Waals surface area contributed by atoms with Crippen molar-refractivity contribution < 1.29 is 9.90 Å². The maximum Gasteiger partial charge on any atom is 0.226 e. The number of carbonyl (C=O) groups excluding carboxylic acids is 1. The lowest BCUT2D eigenvalue weighted by Gasteiger charge is -2.28. The molecule has 0 bridgehead atoms. The first kappa shape index (κ1) is 27.8. The number of carbonyl (C=O) groups is 1. The molecule has 42 heavy (non-hydrogen) atoms. The van der Waals surface area contributed by atoms with Gasteiger partial charge in [0.25, 0.3) is 0 Å². The number of halogens is 1. The first-order valence-electron chi connectivity index (χ1n) is 13.7. The van der Waals surface area contributed by atoms with E-state index in [-0.39, 0.29) is 30.2 Å². The molecule has 0 spiro atoms. The molecular formula is C33H30ClN5O2S. The summed E-state index contributed by atoms with van der Waals surface area (Å²) in [4.78, 5) is 19.9. The third-order valence-electron chi connectivity index (χ3n) is 7.81. The largest absolute Gasteiger partial charge is 0.506 e. The molecule has 9 heteroatoms. The van der Waals surface area contributed by atoms with Gasteiger partial charge < -0.3 is 25.2 Å². The molecule has 2 aromatic heterocycles. The second-order valence-electron chi connectivity index (χ2n) is 10.4. The van der Waals surface area contributed by atoms with Gasteiger partial charge in [0.1, 0.15) is 5.75 Å². The Balaban J connectivity index is 1.33. The van der Waals surface area contributed by atoms with Crippen molar-refractivity contribution in [3.63, 3.8) is 0 Å². The lowest BCUT2D eigenvalue weighted by atomic mass is 9.96. The molecule has 1 aliphatic heterocycles. The summed E-state index contributed by atoms with van der Waals surface area (Å²) in [5.74, 6) is 0.0413. The van der Waals surface area contributed by atoms with Crippen LogP contribution in [0.4, 0.5) is 5.69 Å². The Kier molecular flexibility index (Phi) is 7.58. The lowest BCUT2D eigenvalue weighted by Crippen LogP contribution is -2.33. The van der Waals surface area contributed by atoms with Gasteiger partial charge in [0, 0.05) is 46.6 Å². The first-order valence-corrected chi connectivity index (χ1v) is 14.5. The topological polar surface area (TPSA) is 82.4 Å². The van der Waals surface area contributed by atoms with E-state index in [1.165, 1.54) is 0 Å². The number of phenols is 1. The molecule has 6 rings (SSSR count). The van der Waals surface area contributed by atoms with Gasteiger partial charge in [0.15, 0.2) is 5.11 Å². The molecule has 3 heterocycles. The minimum absolute atomic E-state index is 0.0940. The molecule has 0 aliphatic carbocycles. The smallest absolute Gasteiger partial charge is 0.226 e. The summed E-state index contributed by atoms with van der Waals surface area (Å²) in [5, 5.41) is 20.4. The van der Waals surface area contributed by atoms with Gasteiger partial charge in [-0.25, -0.2) is 0 Å². The van der Waals surface area contributed by atoms with Gasteiger partial charge >= 0.3 is 0 Å². The lowest BCUT2D eigenvalue weighted by molar-refractivity contribution is -0.116. The number of pyridine rings is 1. The molecule has 0 unspecified atom stereocenters. The highest BCUT2D eigenvalue weighted by atomic mass is 35.5. The SMILES string of the molecule is Cc1cc([C@H]2[C@H](c3ccccn3)NC(=S)N2CCC(=O)Nc2cccc3ccccc23)c(C)n1-c1cc(Cl)ccc1O. The predicted octanol–water partition coefficient (Wildman–Crippen LogP) is 7.00. The van der Waals surface area contributed by atoms with E-state index >= 15 is 0 Å². The van der Waals surface area contributed by atoms with E-state index < -0.39 is 0 Å². The molecule has 3 aromatic carbocycles. The molecule has 1 amide bonds. The number of phenolic OH excluding ortho intramolecular Hbond substituents is 1. The normalized spacial score (nSPS) is 16.5. The number of fused-ring (bicyclic) bond motifs is 1. The van der Waals surface area contributed by atoms with Crippen LogP contribution in [0.1, 0.15) is 41.1 Å². The summed E-state index contributed by atoms with van der Waals surface area (Å²) in [6.07, 6.45) is 2.01. The average molecular weight is 596 g/mol. The van der Waals surface area contributed by atoms with Crippen LogP contribution in [0.5, 0.6) is 5.75 Å². The Labute approximate surface area is 254 Å². The van der Waals surface area contributed by atoms with Gasteiger partial charge in [0.05, 0.1) is 23.5 Å². The Morgan fingerprint density at radius 1 is 1.05 bits per heavy atom. The number of anilines is 1. The molecule has 5 aromatic rings. The number of thiocarbonyl (C=S) groups is 1. The van der Waals surface area contributed by atoms with Crippen LogP contribution in [-0.4, -0.2) is 37.1 Å². The molecule has 1 fully saturated rings. The van der Waals surface area contributed by atoms with Crippen LogP contribution in [0.15, 0.2) is 91.1 Å². The highest BCUT2D eigenvalue weighted by Crippen LogP contribution is 2.42. The number of nitrogens with one attached hydrogen (secondary N) is 2. The Morgan fingerprint density at radius 3 is 2.64 bits per heavy atom. The molecule has 7 nitrogen and oxygen atoms in total. The molecule has 0 radical (unpaired) electrons. The molecule has 2 atom stereocenters. The van der Waals surface area contributed by atoms with Crippen LogP contribution in [0.3, 0.4) is 0 Å². The number of hydrogen-bond donors (Lipinski definition) is 3. The van der Waals surface area contributed by atoms with Crippen molar-refractivity contribution in [2.75, 3.05) is 11.9 Å². The average Bonchev–Trinajstić information content (AvgIpc) is 3.47. The number of benzene rings is 3. The Bertz CT molecular complexity index is 1800. The highest BCUT2D eigenvalue weighted by Gasteiger charge is 2.41. The quantitative estimate of drug-likeness (QED) is 0.176. The number of aryl methyl sites for hydroxylation is 1. The first-order chi connectivity index (χ1) is 20.3. The summed E-state index contributed by atoms with van der Waals surface area (Å²) < 4.78 is 2.00. The number of aromatic nitrogens is 2. The number of amides is 1. The van der Waals surface area contributed by atoms with Gasteiger partial charge in [-0.05, 0) is 79.5 Å². The zero-order valence-corrected chi connectivity index (χ0v) is 24.8. The fourth-order valence-electron chi connectivity index (χ4n) is 5.89. The monoisotopic (exact) mass is 595 g/mol. The van der Waals surface area contributed by atoms with Crippen molar-refractivity contribution in [3.8, 4) is 11.4 Å². The van der Waals surface area contributed by atoms with E-state index in [1.54, 1.807) is 24.4 Å². The van der Waals surface area contributed by atoms with Gasteiger partial charge in [-0.2, -0.15) is 0 Å². The fraction of sp³-hybridized carbons (Fsp3) is 0.182. The number of nitrogens with zero attached hydrogens (tertiary/aromatic N) is 3. The van der Waals surface area contributed by atoms with Crippen LogP contribution in [0.2, 0.25) is 5.02 Å². The van der Waals surface area contributed by atoms with E-state index in [9.17, 15) is 9.90 Å². The van der Waals surface area contributed by atoms with Crippen molar-refractivity contribution in [1.29, 1.82) is 0 Å². The van der Waals surface area contributed by atoms with Crippen LogP contribution < -0.4 is 10.6 Å². The molecule has 3 N–H and O–H groups in total. The Hall–Kier alpha value is -4.40.